The van der Waals surface area contributed by atoms with Crippen LogP contribution in [-0.4, -0.2) is 29.3 Å². The first kappa shape index (κ1) is 12.1. The molecule has 3 rings (SSSR count). The van der Waals surface area contributed by atoms with E-state index >= 15 is 0 Å². The van der Waals surface area contributed by atoms with Crippen molar-refractivity contribution in [3.63, 3.8) is 0 Å². The predicted octanol–water partition coefficient (Wildman–Crippen LogP) is 3.08. The first-order valence-electron chi connectivity index (χ1n) is 6.75. The maximum Gasteiger partial charge on any atom is 0.0978 e. The van der Waals surface area contributed by atoms with Gasteiger partial charge >= 0.3 is 0 Å². The number of rotatable bonds is 2. The summed E-state index contributed by atoms with van der Waals surface area (Å²) in [5.74, 6) is 0. The molecular weight excluding hydrogens is 240 g/mol. The van der Waals surface area contributed by atoms with Gasteiger partial charge < -0.3 is 0 Å². The molecule has 1 saturated heterocycles. The summed E-state index contributed by atoms with van der Waals surface area (Å²) in [7, 11) is 0. The Morgan fingerprint density at radius 2 is 2.22 bits per heavy atom. The van der Waals surface area contributed by atoms with Gasteiger partial charge in [-0.15, -0.1) is 11.8 Å². The van der Waals surface area contributed by atoms with Crippen molar-refractivity contribution in [1.29, 1.82) is 5.26 Å². The molecule has 0 bridgehead atoms. The van der Waals surface area contributed by atoms with Crippen molar-refractivity contribution in [3.05, 3.63) is 29.8 Å². The van der Waals surface area contributed by atoms with Crippen molar-refractivity contribution >= 4 is 11.8 Å². The van der Waals surface area contributed by atoms with Crippen molar-refractivity contribution in [3.8, 4) is 6.07 Å². The Balaban J connectivity index is 1.63. The number of piperidine rings is 1. The molecule has 0 aliphatic carbocycles. The van der Waals surface area contributed by atoms with Gasteiger partial charge in [-0.05, 0) is 43.9 Å². The van der Waals surface area contributed by atoms with Gasteiger partial charge in [0.25, 0.3) is 0 Å². The van der Waals surface area contributed by atoms with Crippen LogP contribution in [0.15, 0.2) is 29.2 Å². The van der Waals surface area contributed by atoms with Crippen molar-refractivity contribution in [2.45, 2.75) is 41.9 Å². The van der Waals surface area contributed by atoms with Crippen LogP contribution < -0.4 is 0 Å². The van der Waals surface area contributed by atoms with E-state index in [9.17, 15) is 5.26 Å². The third-order valence-corrected chi connectivity index (χ3v) is 5.22. The molecule has 94 valence electrons. The molecule has 0 spiro atoms. The molecule has 18 heavy (non-hydrogen) atoms. The lowest BCUT2D eigenvalue weighted by atomic mass is 10.0. The zero-order chi connectivity index (χ0) is 12.4. The zero-order valence-electron chi connectivity index (χ0n) is 10.5. The Kier molecular flexibility index (Phi) is 3.58. The van der Waals surface area contributed by atoms with Crippen molar-refractivity contribution in [1.82, 2.24) is 4.90 Å². The Bertz CT molecular complexity index is 441. The van der Waals surface area contributed by atoms with Crippen LogP contribution in [0.5, 0.6) is 0 Å². The topological polar surface area (TPSA) is 27.0 Å². The Labute approximate surface area is 113 Å². The fraction of sp³-hybridized carbons (Fsp3) is 0.533. The molecule has 1 aromatic carbocycles. The monoisotopic (exact) mass is 258 g/mol. The van der Waals surface area contributed by atoms with Gasteiger partial charge in [-0.25, -0.2) is 0 Å². The second kappa shape index (κ2) is 5.34. The highest BCUT2D eigenvalue weighted by Gasteiger charge is 2.28. The van der Waals surface area contributed by atoms with E-state index in [2.05, 4.69) is 35.2 Å². The minimum atomic E-state index is 0.156. The van der Waals surface area contributed by atoms with E-state index in [0.717, 1.165) is 25.9 Å². The van der Waals surface area contributed by atoms with Crippen LogP contribution in [0.3, 0.4) is 0 Å². The average Bonchev–Trinajstić information content (AvgIpc) is 2.81. The number of hydrogen-bond acceptors (Lipinski definition) is 3. The van der Waals surface area contributed by atoms with Crippen LogP contribution in [0.2, 0.25) is 0 Å². The molecule has 0 radical (unpaired) electrons. The van der Waals surface area contributed by atoms with Crippen molar-refractivity contribution < 1.29 is 0 Å². The van der Waals surface area contributed by atoms with Gasteiger partial charge in [0.1, 0.15) is 0 Å². The molecule has 2 heterocycles. The van der Waals surface area contributed by atoms with Gasteiger partial charge in [0.15, 0.2) is 0 Å². The smallest absolute Gasteiger partial charge is 0.0978 e. The van der Waals surface area contributed by atoms with Crippen LogP contribution in [0.25, 0.3) is 0 Å². The third kappa shape index (κ3) is 2.41. The molecule has 2 aliphatic rings. The summed E-state index contributed by atoms with van der Waals surface area (Å²) < 4.78 is 0. The van der Waals surface area contributed by atoms with E-state index in [1.807, 2.05) is 11.8 Å². The molecular formula is C15H18N2S. The maximum absolute atomic E-state index is 9.21. The molecule has 0 aromatic heterocycles. The van der Waals surface area contributed by atoms with Gasteiger partial charge in [-0.3, -0.25) is 4.90 Å². The number of benzene rings is 1. The fourth-order valence-corrected chi connectivity index (χ4v) is 4.32. The summed E-state index contributed by atoms with van der Waals surface area (Å²) in [5.41, 5.74) is 1.48. The normalized spacial score (nSPS) is 27.7. The van der Waals surface area contributed by atoms with E-state index < -0.39 is 0 Å². The molecule has 2 unspecified atom stereocenters. The van der Waals surface area contributed by atoms with E-state index in [4.69, 9.17) is 0 Å². The minimum absolute atomic E-state index is 0.156. The van der Waals surface area contributed by atoms with Crippen LogP contribution in [0.1, 0.15) is 24.8 Å². The molecule has 2 aliphatic heterocycles. The van der Waals surface area contributed by atoms with Crippen molar-refractivity contribution in [2.75, 3.05) is 13.1 Å². The molecule has 0 N–H and O–H groups in total. The third-order valence-electron chi connectivity index (χ3n) is 3.91. The number of nitriles is 1. The zero-order valence-corrected chi connectivity index (χ0v) is 11.3. The maximum atomic E-state index is 9.21. The number of nitrogens with zero attached hydrogens (tertiary/aromatic N) is 2. The lowest BCUT2D eigenvalue weighted by molar-refractivity contribution is 0.185. The average molecular weight is 258 g/mol. The standard InChI is InChI=1S/C15H18N2S/c16-10-13-6-3-4-8-17(13)11-14-9-12-5-1-2-7-15(12)18-14/h1-2,5,7,13-14H,3-4,6,8-9,11H2. The molecule has 3 heteroatoms. The van der Waals surface area contributed by atoms with Crippen LogP contribution >= 0.6 is 11.8 Å². The highest BCUT2D eigenvalue weighted by Crippen LogP contribution is 2.37. The summed E-state index contributed by atoms with van der Waals surface area (Å²) in [5, 5.41) is 9.85. The van der Waals surface area contributed by atoms with Crippen molar-refractivity contribution in [2.24, 2.45) is 0 Å². The first-order valence-corrected chi connectivity index (χ1v) is 7.63. The van der Waals surface area contributed by atoms with Gasteiger partial charge in [-0.2, -0.15) is 5.26 Å². The molecule has 2 atom stereocenters. The van der Waals surface area contributed by atoms with E-state index in [-0.39, 0.29) is 6.04 Å². The highest BCUT2D eigenvalue weighted by atomic mass is 32.2. The molecule has 2 nitrogen and oxygen atoms in total. The molecule has 1 aromatic rings. The van der Waals surface area contributed by atoms with Crippen LogP contribution in [-0.2, 0) is 6.42 Å². The largest absolute Gasteiger partial charge is 0.287 e. The van der Waals surface area contributed by atoms with Crippen LogP contribution in [0, 0.1) is 11.3 Å². The minimum Gasteiger partial charge on any atom is -0.287 e. The van der Waals surface area contributed by atoms with Gasteiger partial charge in [0, 0.05) is 16.7 Å². The van der Waals surface area contributed by atoms with E-state index in [1.54, 1.807) is 0 Å². The Hall–Kier alpha value is -0.980. The summed E-state index contributed by atoms with van der Waals surface area (Å²) in [6.07, 6.45) is 4.69. The number of hydrogen-bond donors (Lipinski definition) is 0. The number of thioether (sulfide) groups is 1. The Morgan fingerprint density at radius 1 is 1.33 bits per heavy atom. The second-order valence-electron chi connectivity index (χ2n) is 5.19. The van der Waals surface area contributed by atoms with Gasteiger partial charge in [0.05, 0.1) is 12.1 Å². The van der Waals surface area contributed by atoms with E-state index in [1.165, 1.54) is 23.3 Å². The van der Waals surface area contributed by atoms with E-state index in [0.29, 0.717) is 5.25 Å². The summed E-state index contributed by atoms with van der Waals surface area (Å²) in [6.45, 7) is 2.17. The summed E-state index contributed by atoms with van der Waals surface area (Å²) in [6, 6.07) is 11.3. The second-order valence-corrected chi connectivity index (χ2v) is 6.53. The quantitative estimate of drug-likeness (QED) is 0.815. The van der Waals surface area contributed by atoms with Gasteiger partial charge in [-0.1, -0.05) is 18.2 Å². The highest BCUT2D eigenvalue weighted by molar-refractivity contribution is 8.00. The molecule has 0 amide bonds. The lowest BCUT2D eigenvalue weighted by Crippen LogP contribution is -2.42. The van der Waals surface area contributed by atoms with Crippen LogP contribution in [0.4, 0.5) is 0 Å². The fourth-order valence-electron chi connectivity index (χ4n) is 2.97. The predicted molar refractivity (Wildman–Crippen MR) is 74.6 cm³/mol. The lowest BCUT2D eigenvalue weighted by Gasteiger charge is -2.32. The summed E-state index contributed by atoms with van der Waals surface area (Å²) in [4.78, 5) is 3.83. The number of likely N-dealkylation sites (tertiary alicyclic amines) is 1. The molecule has 1 fully saturated rings. The Morgan fingerprint density at radius 3 is 3.06 bits per heavy atom. The summed E-state index contributed by atoms with van der Waals surface area (Å²) >= 11 is 1.99. The SMILES string of the molecule is N#CC1CCCCN1CC1Cc2ccccc2S1. The van der Waals surface area contributed by atoms with Gasteiger partial charge in [0.2, 0.25) is 0 Å². The first-order chi connectivity index (χ1) is 8.86. The number of fused-ring (bicyclic) bond motifs is 1. The molecule has 0 saturated carbocycles.